The molecule has 3 aromatic heterocycles. The molecule has 0 aliphatic carbocycles. The second-order valence-corrected chi connectivity index (χ2v) is 9.77. The zero-order valence-electron chi connectivity index (χ0n) is 18.6. The van der Waals surface area contributed by atoms with Gasteiger partial charge in [0.1, 0.15) is 19.0 Å². The highest BCUT2D eigenvalue weighted by Crippen LogP contribution is 2.26. The average Bonchev–Trinajstić information content (AvgIpc) is 3.43. The largest absolute Gasteiger partial charge is 0.487 e. The van der Waals surface area contributed by atoms with E-state index in [-0.39, 0.29) is 5.91 Å². The molecule has 10 heteroatoms. The molecule has 0 saturated heterocycles. The Labute approximate surface area is 209 Å². The predicted octanol–water partition coefficient (Wildman–Crippen LogP) is 6.13. The van der Waals surface area contributed by atoms with Crippen molar-refractivity contribution in [1.82, 2.24) is 19.6 Å². The third-order valence-corrected chi connectivity index (χ3v) is 7.73. The highest BCUT2D eigenvalue weighted by molar-refractivity contribution is 9.10. The molecule has 4 aromatic rings. The Bertz CT molecular complexity index is 1330. The van der Waals surface area contributed by atoms with Crippen LogP contribution in [0, 0.1) is 27.7 Å². The van der Waals surface area contributed by atoms with Crippen LogP contribution >= 0.6 is 38.9 Å². The van der Waals surface area contributed by atoms with E-state index in [4.69, 9.17) is 16.3 Å². The number of anilines is 1. The first kappa shape index (κ1) is 23.5. The van der Waals surface area contributed by atoms with Crippen molar-refractivity contribution in [1.29, 1.82) is 0 Å². The fourth-order valence-electron chi connectivity index (χ4n) is 3.42. The lowest BCUT2D eigenvalue weighted by molar-refractivity contribution is 0.103. The fourth-order valence-corrected chi connectivity index (χ4v) is 4.69. The van der Waals surface area contributed by atoms with Gasteiger partial charge in [-0.1, -0.05) is 23.7 Å². The first-order valence-corrected chi connectivity index (χ1v) is 12.3. The topological polar surface area (TPSA) is 74.0 Å². The van der Waals surface area contributed by atoms with Crippen LogP contribution in [0.1, 0.15) is 38.0 Å². The maximum absolute atomic E-state index is 12.9. The summed E-state index contributed by atoms with van der Waals surface area (Å²) in [5.41, 5.74) is 5.18. The van der Waals surface area contributed by atoms with Gasteiger partial charge >= 0.3 is 0 Å². The van der Waals surface area contributed by atoms with E-state index < -0.39 is 0 Å². The summed E-state index contributed by atoms with van der Waals surface area (Å²) in [6.45, 7) is 8.57. The summed E-state index contributed by atoms with van der Waals surface area (Å²) in [5.74, 6) is 0.438. The van der Waals surface area contributed by atoms with Crippen LogP contribution < -0.4 is 10.1 Å². The molecule has 0 aliphatic heterocycles. The van der Waals surface area contributed by atoms with Crippen LogP contribution in [0.2, 0.25) is 5.02 Å². The maximum atomic E-state index is 12.9. The standard InChI is InChI=1S/C23H23BrClN5O2S/c1-13-21(24)15(3)29(27-13)12-30-16(4)22(14(2)28-30)26-23(31)20-9-17(11-33-20)10-32-19-8-6-5-7-18(19)25/h5-9,11H,10,12H2,1-4H3,(H,26,31). The Balaban J connectivity index is 1.44. The molecule has 0 bridgehead atoms. The lowest BCUT2D eigenvalue weighted by Crippen LogP contribution is -2.15. The number of hydrogen-bond donors (Lipinski definition) is 1. The van der Waals surface area contributed by atoms with Gasteiger partial charge in [0.05, 0.1) is 42.8 Å². The summed E-state index contributed by atoms with van der Waals surface area (Å²) < 4.78 is 10.5. The number of ether oxygens (including phenoxy) is 1. The van der Waals surface area contributed by atoms with Crippen molar-refractivity contribution in [2.24, 2.45) is 0 Å². The summed E-state index contributed by atoms with van der Waals surface area (Å²) in [6, 6.07) is 9.15. The van der Waals surface area contributed by atoms with Crippen molar-refractivity contribution < 1.29 is 9.53 Å². The highest BCUT2D eigenvalue weighted by atomic mass is 79.9. The van der Waals surface area contributed by atoms with Gasteiger partial charge in [-0.2, -0.15) is 10.2 Å². The van der Waals surface area contributed by atoms with Crippen LogP contribution in [0.25, 0.3) is 0 Å². The van der Waals surface area contributed by atoms with Crippen LogP contribution in [0.4, 0.5) is 5.69 Å². The summed E-state index contributed by atoms with van der Waals surface area (Å²) in [7, 11) is 0. The second-order valence-electron chi connectivity index (χ2n) is 7.66. The van der Waals surface area contributed by atoms with Crippen LogP contribution in [-0.2, 0) is 13.3 Å². The van der Waals surface area contributed by atoms with Gasteiger partial charge in [0.2, 0.25) is 0 Å². The molecule has 0 radical (unpaired) electrons. The number of thiophene rings is 1. The minimum Gasteiger partial charge on any atom is -0.487 e. The number of amides is 1. The Hall–Kier alpha value is -2.62. The van der Waals surface area contributed by atoms with E-state index in [9.17, 15) is 4.79 Å². The first-order valence-electron chi connectivity index (χ1n) is 10.2. The smallest absolute Gasteiger partial charge is 0.265 e. The third-order valence-electron chi connectivity index (χ3n) is 5.29. The molecule has 0 aliphatic rings. The number of carbonyl (C=O) groups is 1. The quantitative estimate of drug-likeness (QED) is 0.302. The van der Waals surface area contributed by atoms with E-state index in [1.807, 2.05) is 66.7 Å². The predicted molar refractivity (Wildman–Crippen MR) is 135 cm³/mol. The van der Waals surface area contributed by atoms with E-state index in [1.165, 1.54) is 11.3 Å². The SMILES string of the molecule is Cc1nn(Cn2nc(C)c(NC(=O)c3cc(COc4ccccc4Cl)cs3)c2C)c(C)c1Br. The molecule has 0 atom stereocenters. The van der Waals surface area contributed by atoms with Gasteiger partial charge in [-0.25, -0.2) is 9.36 Å². The molecule has 1 amide bonds. The van der Waals surface area contributed by atoms with Gasteiger partial charge in [-0.3, -0.25) is 4.79 Å². The summed E-state index contributed by atoms with van der Waals surface area (Å²) >= 11 is 11.1. The fraction of sp³-hybridized carbons (Fsp3) is 0.261. The molecule has 0 saturated carbocycles. The molecule has 0 spiro atoms. The molecular formula is C23H23BrClN5O2S. The van der Waals surface area contributed by atoms with Crippen molar-refractivity contribution in [3.8, 4) is 5.75 Å². The van der Waals surface area contributed by atoms with Crippen LogP contribution in [0.5, 0.6) is 5.75 Å². The van der Waals surface area contributed by atoms with E-state index in [1.54, 1.807) is 6.07 Å². The van der Waals surface area contributed by atoms with Crippen molar-refractivity contribution in [2.75, 3.05) is 5.32 Å². The van der Waals surface area contributed by atoms with Crippen LogP contribution in [0.15, 0.2) is 40.2 Å². The van der Waals surface area contributed by atoms with Crippen molar-refractivity contribution >= 4 is 50.5 Å². The Kier molecular flexibility index (Phi) is 6.92. The van der Waals surface area contributed by atoms with E-state index in [0.717, 1.165) is 32.8 Å². The Morgan fingerprint density at radius 2 is 1.82 bits per heavy atom. The summed E-state index contributed by atoms with van der Waals surface area (Å²) in [4.78, 5) is 13.5. The number of halogens is 2. The number of nitrogens with one attached hydrogen (secondary N) is 1. The number of nitrogens with zero attached hydrogens (tertiary/aromatic N) is 4. The van der Waals surface area contributed by atoms with Crippen molar-refractivity contribution in [3.63, 3.8) is 0 Å². The molecule has 1 aromatic carbocycles. The van der Waals surface area contributed by atoms with E-state index in [2.05, 4.69) is 31.4 Å². The molecule has 1 N–H and O–H groups in total. The van der Waals surface area contributed by atoms with Gasteiger partial charge in [-0.15, -0.1) is 11.3 Å². The van der Waals surface area contributed by atoms with Crippen LogP contribution in [0.3, 0.4) is 0 Å². The van der Waals surface area contributed by atoms with E-state index >= 15 is 0 Å². The number of benzene rings is 1. The first-order chi connectivity index (χ1) is 15.7. The zero-order chi connectivity index (χ0) is 23.7. The molecule has 172 valence electrons. The molecule has 7 nitrogen and oxygen atoms in total. The Morgan fingerprint density at radius 3 is 2.52 bits per heavy atom. The zero-order valence-corrected chi connectivity index (χ0v) is 21.8. The lowest BCUT2D eigenvalue weighted by Gasteiger charge is -2.08. The van der Waals surface area contributed by atoms with Gasteiger partial charge in [0.25, 0.3) is 5.91 Å². The molecule has 3 heterocycles. The van der Waals surface area contributed by atoms with Gasteiger partial charge in [0, 0.05) is 5.56 Å². The minimum atomic E-state index is -0.177. The number of rotatable bonds is 7. The third kappa shape index (κ3) is 5.00. The number of hydrogen-bond acceptors (Lipinski definition) is 5. The lowest BCUT2D eigenvalue weighted by atomic mass is 10.3. The number of carbonyl (C=O) groups excluding carboxylic acids is 1. The molecule has 33 heavy (non-hydrogen) atoms. The van der Waals surface area contributed by atoms with Crippen molar-refractivity contribution in [2.45, 2.75) is 41.0 Å². The monoisotopic (exact) mass is 547 g/mol. The normalized spacial score (nSPS) is 11.1. The van der Waals surface area contributed by atoms with Gasteiger partial charge < -0.3 is 10.1 Å². The molecular weight excluding hydrogens is 526 g/mol. The number of aryl methyl sites for hydroxylation is 2. The summed E-state index contributed by atoms with van der Waals surface area (Å²) in [6.07, 6.45) is 0. The van der Waals surface area contributed by atoms with E-state index in [0.29, 0.717) is 34.6 Å². The molecule has 0 fully saturated rings. The summed E-state index contributed by atoms with van der Waals surface area (Å²) in [5, 5.41) is 14.6. The van der Waals surface area contributed by atoms with Crippen LogP contribution in [-0.4, -0.2) is 25.5 Å². The number of aromatic nitrogens is 4. The second kappa shape index (κ2) is 9.70. The maximum Gasteiger partial charge on any atom is 0.265 e. The highest BCUT2D eigenvalue weighted by Gasteiger charge is 2.18. The number of para-hydroxylation sites is 1. The average molecular weight is 549 g/mol. The van der Waals surface area contributed by atoms with Crippen molar-refractivity contribution in [3.05, 3.63) is 78.4 Å². The minimum absolute atomic E-state index is 0.177. The van der Waals surface area contributed by atoms with Gasteiger partial charge in [0.15, 0.2) is 0 Å². The Morgan fingerprint density at radius 1 is 1.12 bits per heavy atom. The van der Waals surface area contributed by atoms with Gasteiger partial charge in [-0.05, 0) is 67.2 Å². The molecule has 0 unspecified atom stereocenters. The molecule has 4 rings (SSSR count).